The van der Waals surface area contributed by atoms with E-state index in [2.05, 4.69) is 15.5 Å². The van der Waals surface area contributed by atoms with E-state index < -0.39 is 17.5 Å². The Kier molecular flexibility index (Phi) is 4.57. The van der Waals surface area contributed by atoms with Gasteiger partial charge in [-0.1, -0.05) is 29.8 Å². The molecule has 1 heterocycles. The Morgan fingerprint density at radius 3 is 2.62 bits per heavy atom. The third-order valence-corrected chi connectivity index (χ3v) is 3.72. The van der Waals surface area contributed by atoms with Crippen molar-refractivity contribution in [2.75, 3.05) is 0 Å². The zero-order chi connectivity index (χ0) is 17.1. The standard InChI is InChI=1S/C17H12ClF2N3O/c18-12-4-1-10(2-5-12)16-14(9-22-23-16)17(24)21-8-11-3-6-13(19)7-15(11)20/h1-7,9H,8H2,(H,21,24)(H,22,23). The second kappa shape index (κ2) is 6.80. The zero-order valence-corrected chi connectivity index (χ0v) is 13.1. The largest absolute Gasteiger partial charge is 0.348 e. The Morgan fingerprint density at radius 2 is 1.92 bits per heavy atom. The molecule has 0 saturated carbocycles. The maximum Gasteiger partial charge on any atom is 0.255 e. The van der Waals surface area contributed by atoms with E-state index in [9.17, 15) is 13.6 Å². The molecular weight excluding hydrogens is 336 g/mol. The number of hydrogen-bond donors (Lipinski definition) is 2. The lowest BCUT2D eigenvalue weighted by Gasteiger charge is -2.07. The fourth-order valence-corrected chi connectivity index (χ4v) is 2.36. The molecule has 0 bridgehead atoms. The van der Waals surface area contributed by atoms with Crippen molar-refractivity contribution in [3.05, 3.63) is 76.4 Å². The van der Waals surface area contributed by atoms with Crippen LogP contribution in [-0.4, -0.2) is 16.1 Å². The van der Waals surface area contributed by atoms with Crippen molar-refractivity contribution in [2.24, 2.45) is 0 Å². The Labute approximate surface area is 141 Å². The van der Waals surface area contributed by atoms with Crippen LogP contribution in [0.3, 0.4) is 0 Å². The van der Waals surface area contributed by atoms with Crippen LogP contribution in [0.15, 0.2) is 48.7 Å². The average molecular weight is 348 g/mol. The molecule has 0 radical (unpaired) electrons. The van der Waals surface area contributed by atoms with Gasteiger partial charge in [0.25, 0.3) is 5.91 Å². The van der Waals surface area contributed by atoms with Crippen molar-refractivity contribution >= 4 is 17.5 Å². The summed E-state index contributed by atoms with van der Waals surface area (Å²) in [5.74, 6) is -1.79. The summed E-state index contributed by atoms with van der Waals surface area (Å²) in [6.07, 6.45) is 1.39. The van der Waals surface area contributed by atoms with Gasteiger partial charge in [0.2, 0.25) is 0 Å². The van der Waals surface area contributed by atoms with E-state index in [4.69, 9.17) is 11.6 Å². The molecule has 4 nitrogen and oxygen atoms in total. The quantitative estimate of drug-likeness (QED) is 0.751. The second-order valence-electron chi connectivity index (χ2n) is 5.08. The van der Waals surface area contributed by atoms with E-state index in [0.29, 0.717) is 16.3 Å². The van der Waals surface area contributed by atoms with Crippen molar-refractivity contribution in [3.8, 4) is 11.3 Å². The second-order valence-corrected chi connectivity index (χ2v) is 5.52. The molecular formula is C17H12ClF2N3O. The van der Waals surface area contributed by atoms with Gasteiger partial charge >= 0.3 is 0 Å². The summed E-state index contributed by atoms with van der Waals surface area (Å²) < 4.78 is 26.5. The Balaban J connectivity index is 1.76. The molecule has 2 aromatic carbocycles. The molecule has 24 heavy (non-hydrogen) atoms. The molecule has 0 saturated heterocycles. The van der Waals surface area contributed by atoms with Gasteiger partial charge in [-0.15, -0.1) is 0 Å². The smallest absolute Gasteiger partial charge is 0.255 e. The first-order chi connectivity index (χ1) is 11.5. The van der Waals surface area contributed by atoms with E-state index in [1.165, 1.54) is 12.3 Å². The van der Waals surface area contributed by atoms with Gasteiger partial charge in [0.05, 0.1) is 17.5 Å². The number of aromatic nitrogens is 2. The van der Waals surface area contributed by atoms with Gasteiger partial charge in [0.15, 0.2) is 0 Å². The molecule has 2 N–H and O–H groups in total. The van der Waals surface area contributed by atoms with Gasteiger partial charge in [0.1, 0.15) is 11.6 Å². The van der Waals surface area contributed by atoms with Crippen LogP contribution in [0.4, 0.5) is 8.78 Å². The van der Waals surface area contributed by atoms with Gasteiger partial charge in [-0.05, 0) is 18.2 Å². The van der Waals surface area contributed by atoms with Crippen LogP contribution in [0.25, 0.3) is 11.3 Å². The Morgan fingerprint density at radius 1 is 1.17 bits per heavy atom. The van der Waals surface area contributed by atoms with Crippen LogP contribution in [0.5, 0.6) is 0 Å². The lowest BCUT2D eigenvalue weighted by atomic mass is 10.1. The molecule has 0 fully saturated rings. The number of rotatable bonds is 4. The molecule has 122 valence electrons. The fourth-order valence-electron chi connectivity index (χ4n) is 2.23. The van der Waals surface area contributed by atoms with Crippen LogP contribution in [0.1, 0.15) is 15.9 Å². The summed E-state index contributed by atoms with van der Waals surface area (Å²) in [5.41, 5.74) is 1.79. The number of hydrogen-bond acceptors (Lipinski definition) is 2. The van der Waals surface area contributed by atoms with Crippen LogP contribution in [0, 0.1) is 11.6 Å². The number of amides is 1. The molecule has 0 unspecified atom stereocenters. The maximum atomic E-state index is 13.6. The molecule has 3 rings (SSSR count). The topological polar surface area (TPSA) is 57.8 Å². The number of nitrogens with one attached hydrogen (secondary N) is 2. The Bertz CT molecular complexity index is 878. The Hall–Kier alpha value is -2.73. The van der Waals surface area contributed by atoms with Crippen LogP contribution in [-0.2, 0) is 6.54 Å². The predicted molar refractivity (Wildman–Crippen MR) is 86.6 cm³/mol. The highest BCUT2D eigenvalue weighted by molar-refractivity contribution is 6.30. The van der Waals surface area contributed by atoms with Gasteiger partial charge < -0.3 is 5.32 Å². The molecule has 0 atom stereocenters. The first kappa shape index (κ1) is 16.1. The lowest BCUT2D eigenvalue weighted by Crippen LogP contribution is -2.23. The van der Waals surface area contributed by atoms with Gasteiger partial charge in [0, 0.05) is 28.8 Å². The van der Waals surface area contributed by atoms with Crippen molar-refractivity contribution < 1.29 is 13.6 Å². The normalized spacial score (nSPS) is 10.6. The number of carbonyl (C=O) groups is 1. The van der Waals surface area contributed by atoms with Crippen molar-refractivity contribution in [1.29, 1.82) is 0 Å². The molecule has 1 amide bonds. The monoisotopic (exact) mass is 347 g/mol. The number of benzene rings is 2. The molecule has 3 aromatic rings. The number of nitrogens with zero attached hydrogens (tertiary/aromatic N) is 1. The summed E-state index contributed by atoms with van der Waals surface area (Å²) in [5, 5.41) is 9.82. The minimum Gasteiger partial charge on any atom is -0.348 e. The van der Waals surface area contributed by atoms with Crippen LogP contribution in [0.2, 0.25) is 5.02 Å². The van der Waals surface area contributed by atoms with Crippen molar-refractivity contribution in [3.63, 3.8) is 0 Å². The number of halogens is 3. The fraction of sp³-hybridized carbons (Fsp3) is 0.0588. The molecule has 7 heteroatoms. The van der Waals surface area contributed by atoms with Gasteiger partial charge in [-0.2, -0.15) is 5.10 Å². The van der Waals surface area contributed by atoms with Crippen LogP contribution < -0.4 is 5.32 Å². The zero-order valence-electron chi connectivity index (χ0n) is 12.3. The predicted octanol–water partition coefficient (Wildman–Crippen LogP) is 3.94. The minimum absolute atomic E-state index is 0.0593. The third-order valence-electron chi connectivity index (χ3n) is 3.47. The number of carbonyl (C=O) groups excluding carboxylic acids is 1. The van der Waals surface area contributed by atoms with E-state index in [-0.39, 0.29) is 12.1 Å². The summed E-state index contributed by atoms with van der Waals surface area (Å²) in [6, 6.07) is 10.1. The van der Waals surface area contributed by atoms with E-state index in [1.807, 2.05) is 0 Å². The summed E-state index contributed by atoms with van der Waals surface area (Å²) in [6.45, 7) is -0.0593. The first-order valence-corrected chi connectivity index (χ1v) is 7.44. The lowest BCUT2D eigenvalue weighted by molar-refractivity contribution is 0.0951. The highest BCUT2D eigenvalue weighted by Gasteiger charge is 2.15. The highest BCUT2D eigenvalue weighted by Crippen LogP contribution is 2.23. The van der Waals surface area contributed by atoms with Gasteiger partial charge in [-0.3, -0.25) is 9.89 Å². The number of aromatic amines is 1. The highest BCUT2D eigenvalue weighted by atomic mass is 35.5. The third kappa shape index (κ3) is 3.44. The van der Waals surface area contributed by atoms with Crippen LogP contribution >= 0.6 is 11.6 Å². The van der Waals surface area contributed by atoms with E-state index in [0.717, 1.165) is 17.7 Å². The average Bonchev–Trinajstić information content (AvgIpc) is 3.04. The molecule has 0 aliphatic carbocycles. The van der Waals surface area contributed by atoms with Crippen molar-refractivity contribution in [1.82, 2.24) is 15.5 Å². The summed E-state index contributed by atoms with van der Waals surface area (Å²) in [4.78, 5) is 12.3. The summed E-state index contributed by atoms with van der Waals surface area (Å²) in [7, 11) is 0. The van der Waals surface area contributed by atoms with Crippen molar-refractivity contribution in [2.45, 2.75) is 6.54 Å². The van der Waals surface area contributed by atoms with E-state index in [1.54, 1.807) is 24.3 Å². The van der Waals surface area contributed by atoms with Gasteiger partial charge in [-0.25, -0.2) is 8.78 Å². The molecule has 0 spiro atoms. The van der Waals surface area contributed by atoms with E-state index >= 15 is 0 Å². The minimum atomic E-state index is -0.708. The molecule has 0 aliphatic heterocycles. The maximum absolute atomic E-state index is 13.6. The number of H-pyrrole nitrogens is 1. The summed E-state index contributed by atoms with van der Waals surface area (Å²) >= 11 is 5.85. The first-order valence-electron chi connectivity index (χ1n) is 7.06. The SMILES string of the molecule is O=C(NCc1ccc(F)cc1F)c1cn[nH]c1-c1ccc(Cl)cc1. The molecule has 0 aliphatic rings. The molecule has 1 aromatic heterocycles.